The highest BCUT2D eigenvalue weighted by atomic mass is 16.6. The average molecular weight is 289 g/mol. The van der Waals surface area contributed by atoms with Gasteiger partial charge in [-0.25, -0.2) is 0 Å². The summed E-state index contributed by atoms with van der Waals surface area (Å²) in [4.78, 5) is 15.6. The first-order valence-electron chi connectivity index (χ1n) is 7.92. The molecular formula is C16H23N3O2. The SMILES string of the molecule is O=[N+]([O-])c1cccc(CN2CCC(N3CCCC3)CC2)c1. The maximum Gasteiger partial charge on any atom is 0.269 e. The Morgan fingerprint density at radius 2 is 1.86 bits per heavy atom. The third kappa shape index (κ3) is 3.60. The van der Waals surface area contributed by atoms with Crippen molar-refractivity contribution in [1.82, 2.24) is 9.80 Å². The second-order valence-electron chi connectivity index (χ2n) is 6.18. The van der Waals surface area contributed by atoms with Crippen molar-refractivity contribution < 1.29 is 4.92 Å². The Morgan fingerprint density at radius 1 is 1.14 bits per heavy atom. The first-order chi connectivity index (χ1) is 10.2. The predicted octanol–water partition coefficient (Wildman–Crippen LogP) is 2.66. The highest BCUT2D eigenvalue weighted by Crippen LogP contribution is 2.22. The van der Waals surface area contributed by atoms with Gasteiger partial charge in [0, 0.05) is 24.7 Å². The summed E-state index contributed by atoms with van der Waals surface area (Å²) in [6, 6.07) is 7.79. The van der Waals surface area contributed by atoms with Gasteiger partial charge >= 0.3 is 0 Å². The number of hydrogen-bond donors (Lipinski definition) is 0. The van der Waals surface area contributed by atoms with Crippen molar-refractivity contribution in [2.24, 2.45) is 0 Å². The van der Waals surface area contributed by atoms with Crippen molar-refractivity contribution in [3.8, 4) is 0 Å². The van der Waals surface area contributed by atoms with Gasteiger partial charge in [0.2, 0.25) is 0 Å². The van der Waals surface area contributed by atoms with Crippen LogP contribution in [0.1, 0.15) is 31.2 Å². The minimum Gasteiger partial charge on any atom is -0.300 e. The second-order valence-corrected chi connectivity index (χ2v) is 6.18. The zero-order valence-electron chi connectivity index (χ0n) is 12.4. The van der Waals surface area contributed by atoms with Crippen LogP contribution in [0, 0.1) is 10.1 Å². The summed E-state index contributed by atoms with van der Waals surface area (Å²) in [6.45, 7) is 5.58. The lowest BCUT2D eigenvalue weighted by Gasteiger charge is -2.36. The normalized spacial score (nSPS) is 21.7. The molecule has 0 radical (unpaired) electrons. The van der Waals surface area contributed by atoms with E-state index in [9.17, 15) is 10.1 Å². The lowest BCUT2D eigenvalue weighted by molar-refractivity contribution is -0.384. The summed E-state index contributed by atoms with van der Waals surface area (Å²) in [6.07, 6.45) is 5.17. The lowest BCUT2D eigenvalue weighted by atomic mass is 10.0. The van der Waals surface area contributed by atoms with Crippen molar-refractivity contribution in [3.63, 3.8) is 0 Å². The van der Waals surface area contributed by atoms with E-state index in [4.69, 9.17) is 0 Å². The van der Waals surface area contributed by atoms with E-state index in [2.05, 4.69) is 9.80 Å². The fourth-order valence-corrected chi connectivity index (χ4v) is 3.58. The molecular weight excluding hydrogens is 266 g/mol. The molecule has 2 heterocycles. The van der Waals surface area contributed by atoms with Gasteiger partial charge in [0.1, 0.15) is 0 Å². The van der Waals surface area contributed by atoms with Crippen LogP contribution in [-0.4, -0.2) is 46.9 Å². The molecule has 0 saturated carbocycles. The van der Waals surface area contributed by atoms with E-state index < -0.39 is 0 Å². The molecule has 2 aliphatic rings. The molecule has 5 heteroatoms. The zero-order valence-corrected chi connectivity index (χ0v) is 12.4. The van der Waals surface area contributed by atoms with Crippen LogP contribution in [0.5, 0.6) is 0 Å². The number of hydrogen-bond acceptors (Lipinski definition) is 4. The molecule has 1 aromatic carbocycles. The highest BCUT2D eigenvalue weighted by molar-refractivity contribution is 5.34. The number of nitrogens with zero attached hydrogens (tertiary/aromatic N) is 3. The Morgan fingerprint density at radius 3 is 2.52 bits per heavy atom. The molecule has 21 heavy (non-hydrogen) atoms. The average Bonchev–Trinajstić information content (AvgIpc) is 3.02. The maximum atomic E-state index is 10.8. The number of non-ortho nitro benzene ring substituents is 1. The van der Waals surface area contributed by atoms with Crippen molar-refractivity contribution in [3.05, 3.63) is 39.9 Å². The van der Waals surface area contributed by atoms with Crippen molar-refractivity contribution in [2.45, 2.75) is 38.3 Å². The van der Waals surface area contributed by atoms with Crippen molar-refractivity contribution >= 4 is 5.69 Å². The van der Waals surface area contributed by atoms with Crippen LogP contribution in [0.3, 0.4) is 0 Å². The molecule has 2 fully saturated rings. The van der Waals surface area contributed by atoms with Gasteiger partial charge < -0.3 is 4.90 Å². The third-order valence-corrected chi connectivity index (χ3v) is 4.74. The molecule has 0 aromatic heterocycles. The summed E-state index contributed by atoms with van der Waals surface area (Å²) in [5.41, 5.74) is 1.24. The van der Waals surface area contributed by atoms with E-state index in [0.29, 0.717) is 0 Å². The predicted molar refractivity (Wildman–Crippen MR) is 82.2 cm³/mol. The molecule has 3 rings (SSSR count). The largest absolute Gasteiger partial charge is 0.300 e. The minimum absolute atomic E-state index is 0.194. The van der Waals surface area contributed by atoms with E-state index in [0.717, 1.165) is 31.2 Å². The number of rotatable bonds is 4. The number of piperidine rings is 1. The number of nitro groups is 1. The van der Waals surface area contributed by atoms with E-state index in [1.54, 1.807) is 18.2 Å². The summed E-state index contributed by atoms with van der Waals surface area (Å²) >= 11 is 0. The summed E-state index contributed by atoms with van der Waals surface area (Å²) in [7, 11) is 0. The fourth-order valence-electron chi connectivity index (χ4n) is 3.58. The molecule has 0 N–H and O–H groups in total. The van der Waals surface area contributed by atoms with Gasteiger partial charge in [0.15, 0.2) is 0 Å². The Labute approximate surface area is 125 Å². The third-order valence-electron chi connectivity index (χ3n) is 4.74. The van der Waals surface area contributed by atoms with Crippen molar-refractivity contribution in [2.75, 3.05) is 26.2 Å². The molecule has 0 bridgehead atoms. The van der Waals surface area contributed by atoms with Crippen LogP contribution >= 0.6 is 0 Å². The Kier molecular flexibility index (Phi) is 4.51. The number of benzene rings is 1. The Balaban J connectivity index is 1.53. The van der Waals surface area contributed by atoms with Gasteiger partial charge in [0.05, 0.1) is 4.92 Å². The minimum atomic E-state index is -0.316. The summed E-state index contributed by atoms with van der Waals surface area (Å²) < 4.78 is 0. The number of nitro benzene ring substituents is 1. The van der Waals surface area contributed by atoms with E-state index >= 15 is 0 Å². The summed E-state index contributed by atoms with van der Waals surface area (Å²) in [5, 5.41) is 10.8. The van der Waals surface area contributed by atoms with Crippen LogP contribution in [-0.2, 0) is 6.54 Å². The van der Waals surface area contributed by atoms with Crippen LogP contribution in [0.15, 0.2) is 24.3 Å². The van der Waals surface area contributed by atoms with Crippen LogP contribution in [0.4, 0.5) is 5.69 Å². The van der Waals surface area contributed by atoms with E-state index in [-0.39, 0.29) is 10.6 Å². The molecule has 0 atom stereocenters. The quantitative estimate of drug-likeness (QED) is 0.631. The second kappa shape index (κ2) is 6.54. The first kappa shape index (κ1) is 14.5. The van der Waals surface area contributed by atoms with Crippen molar-refractivity contribution in [1.29, 1.82) is 0 Å². The fraction of sp³-hybridized carbons (Fsp3) is 0.625. The van der Waals surface area contributed by atoms with Gasteiger partial charge in [-0.1, -0.05) is 12.1 Å². The Bertz CT molecular complexity index is 492. The van der Waals surface area contributed by atoms with Gasteiger partial charge in [-0.3, -0.25) is 15.0 Å². The van der Waals surface area contributed by atoms with Gasteiger partial charge in [-0.15, -0.1) is 0 Å². The molecule has 2 saturated heterocycles. The molecule has 5 nitrogen and oxygen atoms in total. The van der Waals surface area contributed by atoms with Crippen LogP contribution < -0.4 is 0 Å². The molecule has 114 valence electrons. The standard InChI is InChI=1S/C16H23N3O2/c20-19(21)16-5-3-4-14(12-16)13-17-10-6-15(7-11-17)18-8-1-2-9-18/h3-5,12,15H,1-2,6-11,13H2. The molecule has 0 spiro atoms. The lowest BCUT2D eigenvalue weighted by Crippen LogP contribution is -2.43. The molecule has 0 aliphatic carbocycles. The molecule has 0 amide bonds. The van der Waals surface area contributed by atoms with Gasteiger partial charge in [-0.05, 0) is 57.4 Å². The van der Waals surface area contributed by atoms with Gasteiger partial charge in [0.25, 0.3) is 5.69 Å². The van der Waals surface area contributed by atoms with Crippen LogP contribution in [0.2, 0.25) is 0 Å². The van der Waals surface area contributed by atoms with E-state index in [1.165, 1.54) is 38.8 Å². The topological polar surface area (TPSA) is 49.6 Å². The molecule has 0 unspecified atom stereocenters. The Hall–Kier alpha value is -1.46. The van der Waals surface area contributed by atoms with Crippen LogP contribution in [0.25, 0.3) is 0 Å². The molecule has 2 aliphatic heterocycles. The van der Waals surface area contributed by atoms with Gasteiger partial charge in [-0.2, -0.15) is 0 Å². The van der Waals surface area contributed by atoms with E-state index in [1.807, 2.05) is 6.07 Å². The smallest absolute Gasteiger partial charge is 0.269 e. The number of likely N-dealkylation sites (tertiary alicyclic amines) is 2. The zero-order chi connectivity index (χ0) is 14.7. The first-order valence-corrected chi connectivity index (χ1v) is 7.92. The summed E-state index contributed by atoms with van der Waals surface area (Å²) in [5.74, 6) is 0. The monoisotopic (exact) mass is 289 g/mol. The maximum absolute atomic E-state index is 10.8. The highest BCUT2D eigenvalue weighted by Gasteiger charge is 2.26. The molecule has 1 aromatic rings.